The van der Waals surface area contributed by atoms with Gasteiger partial charge in [0.05, 0.1) is 5.02 Å². The molecule has 0 atom stereocenters. The average Bonchev–Trinajstić information content (AvgIpc) is 2.32. The zero-order chi connectivity index (χ0) is 13.0. The molecule has 0 saturated carbocycles. The Morgan fingerprint density at radius 2 is 2.06 bits per heavy atom. The Bertz CT molecular complexity index is 534. The van der Waals surface area contributed by atoms with Crippen LogP contribution in [0, 0.1) is 0 Å². The Morgan fingerprint density at radius 1 is 1.22 bits per heavy atom. The normalized spacial score (nSPS) is 10.4. The van der Waals surface area contributed by atoms with Crippen molar-refractivity contribution in [1.29, 1.82) is 0 Å². The molecule has 0 aromatic carbocycles. The van der Waals surface area contributed by atoms with Crippen LogP contribution in [0.1, 0.15) is 6.92 Å². The fourth-order valence-electron chi connectivity index (χ4n) is 1.13. The molecule has 0 aliphatic carbocycles. The molecule has 0 spiro atoms. The second-order valence-corrected chi connectivity index (χ2v) is 4.92. The molecule has 0 unspecified atom stereocenters. The number of hydrogen-bond acceptors (Lipinski definition) is 6. The molecule has 94 valence electrons. The molecule has 8 heteroatoms. The highest BCUT2D eigenvalue weighted by molar-refractivity contribution is 7.99. The van der Waals surface area contributed by atoms with Gasteiger partial charge in [0.15, 0.2) is 5.16 Å². The molecule has 0 aliphatic heterocycles. The molecule has 0 amide bonds. The predicted molar refractivity (Wildman–Crippen MR) is 72.4 cm³/mol. The van der Waals surface area contributed by atoms with E-state index in [0.717, 1.165) is 5.03 Å². The van der Waals surface area contributed by atoms with Crippen molar-refractivity contribution in [3.8, 4) is 0 Å². The van der Waals surface area contributed by atoms with E-state index >= 15 is 0 Å². The third-order valence-electron chi connectivity index (χ3n) is 1.82. The molecule has 0 fully saturated rings. The number of hydrogen-bond donors (Lipinski definition) is 1. The molecule has 0 radical (unpaired) electrons. The lowest BCUT2D eigenvalue weighted by Crippen LogP contribution is -2.04. The average molecular weight is 302 g/mol. The molecular formula is C10H9Cl2N5S. The fraction of sp³-hybridized carbons (Fsp3) is 0.200. The monoisotopic (exact) mass is 301 g/mol. The van der Waals surface area contributed by atoms with Gasteiger partial charge in [-0.2, -0.15) is 15.0 Å². The first-order valence-corrected chi connectivity index (χ1v) is 6.69. The van der Waals surface area contributed by atoms with Crippen LogP contribution in [0.15, 0.2) is 28.5 Å². The summed E-state index contributed by atoms with van der Waals surface area (Å²) < 4.78 is 0. The summed E-state index contributed by atoms with van der Waals surface area (Å²) in [6, 6.07) is 3.54. The van der Waals surface area contributed by atoms with Crippen LogP contribution in [-0.4, -0.2) is 26.5 Å². The van der Waals surface area contributed by atoms with Crippen LogP contribution in [0.3, 0.4) is 0 Å². The van der Waals surface area contributed by atoms with Crippen molar-refractivity contribution in [2.24, 2.45) is 0 Å². The second kappa shape index (κ2) is 6.17. The first-order chi connectivity index (χ1) is 8.67. The van der Waals surface area contributed by atoms with E-state index in [9.17, 15) is 0 Å². The molecule has 0 aliphatic rings. The lowest BCUT2D eigenvalue weighted by molar-refractivity contribution is 0.896. The van der Waals surface area contributed by atoms with Crippen molar-refractivity contribution in [3.05, 3.63) is 28.6 Å². The van der Waals surface area contributed by atoms with Gasteiger partial charge in [-0.3, -0.25) is 0 Å². The number of anilines is 1. The Kier molecular flexibility index (Phi) is 4.57. The first kappa shape index (κ1) is 13.3. The summed E-state index contributed by atoms with van der Waals surface area (Å²) in [7, 11) is 0. The molecule has 18 heavy (non-hydrogen) atoms. The number of nitrogens with one attached hydrogen (secondary N) is 1. The Morgan fingerprint density at radius 3 is 2.72 bits per heavy atom. The van der Waals surface area contributed by atoms with Gasteiger partial charge in [-0.1, -0.05) is 11.6 Å². The minimum Gasteiger partial charge on any atom is -0.354 e. The van der Waals surface area contributed by atoms with Crippen molar-refractivity contribution in [2.75, 3.05) is 11.9 Å². The van der Waals surface area contributed by atoms with Gasteiger partial charge in [0.2, 0.25) is 11.2 Å². The molecule has 2 rings (SSSR count). The minimum absolute atomic E-state index is 0.150. The summed E-state index contributed by atoms with van der Waals surface area (Å²) in [5.74, 6) is 0.453. The maximum atomic E-state index is 5.82. The predicted octanol–water partition coefficient (Wildman–Crippen LogP) is 3.16. The van der Waals surface area contributed by atoms with Gasteiger partial charge < -0.3 is 5.32 Å². The summed E-state index contributed by atoms with van der Waals surface area (Å²) in [4.78, 5) is 16.3. The molecule has 1 N–H and O–H groups in total. The van der Waals surface area contributed by atoms with Crippen molar-refractivity contribution in [2.45, 2.75) is 17.1 Å². The quantitative estimate of drug-likeness (QED) is 0.936. The van der Waals surface area contributed by atoms with Gasteiger partial charge in [-0.05, 0) is 42.4 Å². The van der Waals surface area contributed by atoms with E-state index in [2.05, 4.69) is 25.3 Å². The Labute approximate surface area is 118 Å². The lowest BCUT2D eigenvalue weighted by Gasteiger charge is -2.04. The van der Waals surface area contributed by atoms with E-state index in [1.165, 1.54) is 11.8 Å². The number of halogens is 2. The van der Waals surface area contributed by atoms with E-state index in [0.29, 0.717) is 22.7 Å². The topological polar surface area (TPSA) is 63.6 Å². The molecular weight excluding hydrogens is 293 g/mol. The number of pyridine rings is 1. The third kappa shape index (κ3) is 3.69. The van der Waals surface area contributed by atoms with Crippen LogP contribution in [-0.2, 0) is 0 Å². The van der Waals surface area contributed by atoms with Crippen molar-refractivity contribution >= 4 is 40.9 Å². The zero-order valence-corrected chi connectivity index (χ0v) is 11.7. The Balaban J connectivity index is 2.20. The summed E-state index contributed by atoms with van der Waals surface area (Å²) in [6.07, 6.45) is 1.57. The van der Waals surface area contributed by atoms with E-state index in [1.807, 2.05) is 6.92 Å². The molecule has 2 aromatic heterocycles. The fourth-order valence-corrected chi connectivity index (χ4v) is 2.15. The van der Waals surface area contributed by atoms with Crippen LogP contribution < -0.4 is 5.32 Å². The highest BCUT2D eigenvalue weighted by Gasteiger charge is 2.07. The molecule has 5 nitrogen and oxygen atoms in total. The van der Waals surface area contributed by atoms with E-state index in [4.69, 9.17) is 23.2 Å². The highest BCUT2D eigenvalue weighted by Crippen LogP contribution is 2.24. The standard InChI is InChI=1S/C10H9Cl2N5S/c1-2-13-9-15-8(12)16-10(17-9)18-7-4-3-6(11)5-14-7/h3-5H,2H2,1H3,(H,13,15,16,17). The van der Waals surface area contributed by atoms with Crippen molar-refractivity contribution < 1.29 is 0 Å². The van der Waals surface area contributed by atoms with Gasteiger partial charge in [0, 0.05) is 12.7 Å². The number of nitrogens with zero attached hydrogens (tertiary/aromatic N) is 4. The highest BCUT2D eigenvalue weighted by atomic mass is 35.5. The maximum Gasteiger partial charge on any atom is 0.228 e. The van der Waals surface area contributed by atoms with Gasteiger partial charge in [0.25, 0.3) is 0 Å². The van der Waals surface area contributed by atoms with Crippen LogP contribution in [0.2, 0.25) is 10.3 Å². The smallest absolute Gasteiger partial charge is 0.228 e. The molecule has 0 saturated heterocycles. The van der Waals surface area contributed by atoms with Crippen LogP contribution >= 0.6 is 35.0 Å². The summed E-state index contributed by atoms with van der Waals surface area (Å²) in [5, 5.41) is 4.94. The van der Waals surface area contributed by atoms with Gasteiger partial charge in [-0.15, -0.1) is 0 Å². The number of rotatable bonds is 4. The first-order valence-electron chi connectivity index (χ1n) is 5.12. The van der Waals surface area contributed by atoms with Gasteiger partial charge in [0.1, 0.15) is 5.03 Å². The van der Waals surface area contributed by atoms with E-state index in [1.54, 1.807) is 18.3 Å². The molecule has 2 aromatic rings. The third-order valence-corrected chi connectivity index (χ3v) is 3.03. The largest absolute Gasteiger partial charge is 0.354 e. The molecule has 2 heterocycles. The van der Waals surface area contributed by atoms with Gasteiger partial charge >= 0.3 is 0 Å². The summed E-state index contributed by atoms with van der Waals surface area (Å²) >= 11 is 12.9. The summed E-state index contributed by atoms with van der Waals surface area (Å²) in [5.41, 5.74) is 0. The van der Waals surface area contributed by atoms with Crippen molar-refractivity contribution in [3.63, 3.8) is 0 Å². The Hall–Kier alpha value is -1.11. The summed E-state index contributed by atoms with van der Waals surface area (Å²) in [6.45, 7) is 2.66. The van der Waals surface area contributed by atoms with Gasteiger partial charge in [-0.25, -0.2) is 4.98 Å². The molecule has 0 bridgehead atoms. The van der Waals surface area contributed by atoms with E-state index in [-0.39, 0.29) is 5.28 Å². The maximum absolute atomic E-state index is 5.82. The number of aromatic nitrogens is 4. The van der Waals surface area contributed by atoms with E-state index < -0.39 is 0 Å². The SMILES string of the molecule is CCNc1nc(Cl)nc(Sc2ccc(Cl)cn2)n1. The minimum atomic E-state index is 0.150. The second-order valence-electron chi connectivity index (χ2n) is 3.16. The van der Waals surface area contributed by atoms with Crippen molar-refractivity contribution in [1.82, 2.24) is 19.9 Å². The van der Waals surface area contributed by atoms with Crippen LogP contribution in [0.25, 0.3) is 0 Å². The van der Waals surface area contributed by atoms with Crippen LogP contribution in [0.5, 0.6) is 0 Å². The van der Waals surface area contributed by atoms with Crippen LogP contribution in [0.4, 0.5) is 5.95 Å². The lowest BCUT2D eigenvalue weighted by atomic mass is 10.5. The zero-order valence-electron chi connectivity index (χ0n) is 9.39.